The molecule has 4 aromatic rings. The Kier molecular flexibility index (Phi) is 13.0. The molecule has 12 heteroatoms. The van der Waals surface area contributed by atoms with Crippen molar-refractivity contribution in [3.63, 3.8) is 0 Å². The van der Waals surface area contributed by atoms with E-state index in [1.54, 1.807) is 42.5 Å². The van der Waals surface area contributed by atoms with E-state index in [9.17, 15) is 18.0 Å². The number of hydrogen-bond donors (Lipinski definition) is 1. The van der Waals surface area contributed by atoms with Crippen molar-refractivity contribution in [1.82, 2.24) is 10.2 Å². The predicted molar refractivity (Wildman–Crippen MR) is 194 cm³/mol. The van der Waals surface area contributed by atoms with Crippen LogP contribution in [0, 0.1) is 12.8 Å². The molecule has 0 aliphatic carbocycles. The molecule has 0 radical (unpaired) electrons. The number of sulfonamides is 1. The smallest absolute Gasteiger partial charge is 0.264 e. The molecule has 4 aromatic carbocycles. The number of benzene rings is 4. The second kappa shape index (κ2) is 16.9. The van der Waals surface area contributed by atoms with Crippen LogP contribution in [0.25, 0.3) is 0 Å². The number of hydrogen-bond acceptors (Lipinski definition) is 6. The zero-order chi connectivity index (χ0) is 35.7. The first-order chi connectivity index (χ1) is 23.3. The lowest BCUT2D eigenvalue weighted by Gasteiger charge is -2.34. The highest BCUT2D eigenvalue weighted by Crippen LogP contribution is 2.36. The fourth-order valence-electron chi connectivity index (χ4n) is 5.17. The molecule has 0 aliphatic rings. The molecule has 0 unspecified atom stereocenters. The summed E-state index contributed by atoms with van der Waals surface area (Å²) in [6.07, 6.45) is 0.145. The van der Waals surface area contributed by atoms with Crippen molar-refractivity contribution in [3.05, 3.63) is 118 Å². The van der Waals surface area contributed by atoms with Crippen LogP contribution in [0.2, 0.25) is 10.0 Å². The number of rotatable bonds is 15. The number of ether oxygens (including phenoxy) is 2. The van der Waals surface area contributed by atoms with Gasteiger partial charge >= 0.3 is 0 Å². The normalized spacial score (nSPS) is 11.9. The van der Waals surface area contributed by atoms with Gasteiger partial charge in [0.25, 0.3) is 10.0 Å². The maximum Gasteiger partial charge on any atom is 0.264 e. The van der Waals surface area contributed by atoms with Gasteiger partial charge in [-0.3, -0.25) is 13.9 Å². The maximum atomic E-state index is 14.8. The molecule has 4 rings (SSSR count). The van der Waals surface area contributed by atoms with E-state index in [4.69, 9.17) is 32.7 Å². The zero-order valence-electron chi connectivity index (χ0n) is 28.2. The van der Waals surface area contributed by atoms with Crippen molar-refractivity contribution < 1.29 is 27.5 Å². The summed E-state index contributed by atoms with van der Waals surface area (Å²) < 4.78 is 40.9. The Bertz CT molecular complexity index is 1830. The molecule has 0 saturated heterocycles. The van der Waals surface area contributed by atoms with E-state index in [-0.39, 0.29) is 35.2 Å². The number of nitrogens with zero attached hydrogens (tertiary/aromatic N) is 2. The summed E-state index contributed by atoms with van der Waals surface area (Å²) in [5.41, 5.74) is 2.16. The van der Waals surface area contributed by atoms with E-state index in [0.29, 0.717) is 27.9 Å². The Labute approximate surface area is 298 Å². The van der Waals surface area contributed by atoms with E-state index in [2.05, 4.69) is 5.32 Å². The monoisotopic (exact) mass is 725 g/mol. The van der Waals surface area contributed by atoms with E-state index in [1.165, 1.54) is 37.3 Å². The number of amides is 2. The molecule has 1 atom stereocenters. The topological polar surface area (TPSA) is 105 Å². The molecule has 1 N–H and O–H groups in total. The number of methoxy groups -OCH3 is 2. The molecule has 2 amide bonds. The first-order valence-electron chi connectivity index (χ1n) is 15.7. The minimum Gasteiger partial charge on any atom is -0.497 e. The summed E-state index contributed by atoms with van der Waals surface area (Å²) in [6, 6.07) is 24.2. The van der Waals surface area contributed by atoms with Crippen LogP contribution in [0.15, 0.2) is 95.9 Å². The molecule has 0 aliphatic heterocycles. The van der Waals surface area contributed by atoms with Gasteiger partial charge in [-0.15, -0.1) is 0 Å². The quantitative estimate of drug-likeness (QED) is 0.143. The van der Waals surface area contributed by atoms with Gasteiger partial charge in [0.2, 0.25) is 11.8 Å². The average Bonchev–Trinajstić information content (AvgIpc) is 3.08. The lowest BCUT2D eigenvalue weighted by molar-refractivity contribution is -0.140. The number of halogens is 2. The third-order valence-corrected chi connectivity index (χ3v) is 10.4. The van der Waals surface area contributed by atoms with Crippen molar-refractivity contribution in [3.8, 4) is 11.5 Å². The van der Waals surface area contributed by atoms with Crippen molar-refractivity contribution in [2.75, 3.05) is 31.6 Å². The summed E-state index contributed by atoms with van der Waals surface area (Å²) in [5.74, 6) is -0.389. The highest BCUT2D eigenvalue weighted by molar-refractivity contribution is 7.92. The molecule has 0 spiro atoms. The second-order valence-electron chi connectivity index (χ2n) is 11.9. The van der Waals surface area contributed by atoms with Gasteiger partial charge in [-0.1, -0.05) is 91.1 Å². The minimum absolute atomic E-state index is 0.0352. The van der Waals surface area contributed by atoms with E-state index >= 15 is 0 Å². The van der Waals surface area contributed by atoms with Gasteiger partial charge in [-0.2, -0.15) is 0 Å². The summed E-state index contributed by atoms with van der Waals surface area (Å²) >= 11 is 13.2. The van der Waals surface area contributed by atoms with E-state index in [0.717, 1.165) is 15.4 Å². The Balaban J connectivity index is 1.89. The minimum atomic E-state index is -4.37. The van der Waals surface area contributed by atoms with E-state index in [1.807, 2.05) is 51.1 Å². The lowest BCUT2D eigenvalue weighted by atomic mass is 10.0. The highest BCUT2D eigenvalue weighted by atomic mass is 35.5. The average molecular weight is 727 g/mol. The Morgan fingerprint density at radius 3 is 2.10 bits per heavy atom. The second-order valence-corrected chi connectivity index (χ2v) is 14.6. The Hall–Kier alpha value is -4.25. The van der Waals surface area contributed by atoms with Crippen LogP contribution in [0.3, 0.4) is 0 Å². The highest BCUT2D eigenvalue weighted by Gasteiger charge is 2.36. The molecule has 0 saturated carbocycles. The molecule has 0 heterocycles. The van der Waals surface area contributed by atoms with Crippen LogP contribution < -0.4 is 19.1 Å². The van der Waals surface area contributed by atoms with Crippen molar-refractivity contribution >= 4 is 50.7 Å². The predicted octanol–water partition coefficient (Wildman–Crippen LogP) is 6.93. The molecular formula is C37H41Cl2N3O6S. The number of anilines is 1. The number of aryl methyl sites for hydroxylation is 1. The molecular weight excluding hydrogens is 685 g/mol. The first kappa shape index (κ1) is 37.6. The largest absolute Gasteiger partial charge is 0.497 e. The van der Waals surface area contributed by atoms with Crippen LogP contribution in [0.5, 0.6) is 11.5 Å². The third-order valence-electron chi connectivity index (χ3n) is 7.89. The number of carbonyl (C=O) groups excluding carboxylic acids is 2. The Morgan fingerprint density at radius 1 is 0.857 bits per heavy atom. The SMILES string of the molecule is COc1ccc(OC)c(N(CC(=O)N(Cc2c(Cl)cccc2Cl)[C@@H](Cc2ccccc2)C(=O)NCC(C)C)S(=O)(=O)c2ccc(C)cc2)c1. The number of nitrogens with one attached hydrogen (secondary N) is 1. The molecule has 260 valence electrons. The summed E-state index contributed by atoms with van der Waals surface area (Å²) in [5, 5.41) is 3.56. The van der Waals surface area contributed by atoms with Crippen LogP contribution in [0.1, 0.15) is 30.5 Å². The summed E-state index contributed by atoms with van der Waals surface area (Å²) in [4.78, 5) is 30.1. The maximum absolute atomic E-state index is 14.8. The van der Waals surface area contributed by atoms with Crippen molar-refractivity contribution in [2.24, 2.45) is 5.92 Å². The third kappa shape index (κ3) is 9.47. The lowest BCUT2D eigenvalue weighted by Crippen LogP contribution is -2.53. The fourth-order valence-corrected chi connectivity index (χ4v) is 7.11. The van der Waals surface area contributed by atoms with Gasteiger partial charge in [0.1, 0.15) is 24.1 Å². The van der Waals surface area contributed by atoms with Gasteiger partial charge < -0.3 is 19.7 Å². The summed E-state index contributed by atoms with van der Waals surface area (Å²) in [6.45, 7) is 5.29. The van der Waals surface area contributed by atoms with Crippen LogP contribution in [0.4, 0.5) is 5.69 Å². The van der Waals surface area contributed by atoms with Gasteiger partial charge in [0.05, 0.1) is 24.8 Å². The molecule has 0 bridgehead atoms. The van der Waals surface area contributed by atoms with E-state index < -0.39 is 34.4 Å². The van der Waals surface area contributed by atoms with Gasteiger partial charge in [-0.25, -0.2) is 8.42 Å². The molecule has 0 aromatic heterocycles. The molecule has 49 heavy (non-hydrogen) atoms. The number of carbonyl (C=O) groups is 2. The van der Waals surface area contributed by atoms with Gasteiger partial charge in [0.15, 0.2) is 0 Å². The fraction of sp³-hybridized carbons (Fsp3) is 0.297. The zero-order valence-corrected chi connectivity index (χ0v) is 30.5. The van der Waals surface area contributed by atoms with Crippen molar-refractivity contribution in [1.29, 1.82) is 0 Å². The van der Waals surface area contributed by atoms with Crippen molar-refractivity contribution in [2.45, 2.75) is 44.7 Å². The van der Waals surface area contributed by atoms with Crippen LogP contribution >= 0.6 is 23.2 Å². The molecule has 9 nitrogen and oxygen atoms in total. The van der Waals surface area contributed by atoms with Gasteiger partial charge in [-0.05, 0) is 54.8 Å². The Morgan fingerprint density at radius 2 is 1.51 bits per heavy atom. The first-order valence-corrected chi connectivity index (χ1v) is 17.9. The standard InChI is InChI=1S/C37H41Cl2N3O6S/c1-25(2)22-40-37(44)34(20-27-10-7-6-8-11-27)41(23-30-31(38)12-9-13-32(30)39)36(43)24-42(33-21-28(47-4)16-19-35(33)48-5)49(45,46)29-17-14-26(3)15-18-29/h6-19,21,25,34H,20,22-24H2,1-5H3,(H,40,44)/t34-/m0/s1. The summed E-state index contributed by atoms with van der Waals surface area (Å²) in [7, 11) is -1.51. The van der Waals surface area contributed by atoms with Crippen LogP contribution in [-0.4, -0.2) is 58.5 Å². The van der Waals surface area contributed by atoms with Gasteiger partial charge in [0, 0.05) is 41.2 Å². The van der Waals surface area contributed by atoms with Crippen LogP contribution in [-0.2, 0) is 32.6 Å². The molecule has 0 fully saturated rings.